The summed E-state index contributed by atoms with van der Waals surface area (Å²) in [6, 6.07) is 1.12. The molecule has 1 saturated heterocycles. The van der Waals surface area contributed by atoms with Crippen molar-refractivity contribution in [2.75, 3.05) is 19.8 Å². The number of rotatable bonds is 12. The number of carbonyl (C=O) groups is 3. The first kappa shape index (κ1) is 31.3. The van der Waals surface area contributed by atoms with E-state index in [0.29, 0.717) is 0 Å². The van der Waals surface area contributed by atoms with Crippen LogP contribution in [0.3, 0.4) is 0 Å². The summed E-state index contributed by atoms with van der Waals surface area (Å²) in [5.74, 6) is -2.72. The van der Waals surface area contributed by atoms with Crippen LogP contribution in [0.15, 0.2) is 21.9 Å². The first-order valence-electron chi connectivity index (χ1n) is 11.5. The lowest BCUT2D eigenvalue weighted by Gasteiger charge is -2.35. The highest BCUT2D eigenvalue weighted by atomic mass is 31.2. The van der Waals surface area contributed by atoms with Gasteiger partial charge in [0.25, 0.3) is 5.56 Å². The number of carbonyl (C=O) groups excluding carboxylic acids is 3. The van der Waals surface area contributed by atoms with Crippen LogP contribution in [-0.4, -0.2) is 77.7 Å². The highest BCUT2D eigenvalue weighted by molar-refractivity contribution is 7.48. The second-order valence-electron chi connectivity index (χ2n) is 8.40. The summed E-state index contributed by atoms with van der Waals surface area (Å²) in [6.45, 7) is 5.50. The fourth-order valence-electron chi connectivity index (χ4n) is 3.23. The highest BCUT2D eigenvalue weighted by Crippen LogP contribution is 2.54. The zero-order valence-corrected chi connectivity index (χ0v) is 22.4. The molecule has 0 aliphatic carbocycles. The molecule has 16 nitrogen and oxygen atoms in total. The van der Waals surface area contributed by atoms with E-state index in [-0.39, 0.29) is 13.2 Å². The molecule has 1 aromatic heterocycles. The second-order valence-corrected chi connectivity index (χ2v) is 10.0. The third-order valence-corrected chi connectivity index (χ3v) is 6.36. The number of phosphoric ester groups is 1. The molecule has 214 valence electrons. The predicted octanol–water partition coefficient (Wildman–Crippen LogP) is -0.246. The van der Waals surface area contributed by atoms with E-state index >= 15 is 0 Å². The van der Waals surface area contributed by atoms with Gasteiger partial charge in [0, 0.05) is 32.7 Å². The molecule has 0 saturated carbocycles. The second kappa shape index (κ2) is 13.8. The number of esters is 3. The maximum atomic E-state index is 13.1. The molecule has 3 N–H and O–H groups in total. The average Bonchev–Trinajstić information content (AvgIpc) is 2.80. The number of aromatic nitrogens is 2. The third kappa shape index (κ3) is 9.15. The van der Waals surface area contributed by atoms with Crippen molar-refractivity contribution in [1.29, 1.82) is 0 Å². The van der Waals surface area contributed by atoms with Gasteiger partial charge >= 0.3 is 31.4 Å². The first-order chi connectivity index (χ1) is 17.7. The SMILES string of the molecule is CC(=O)O[C@H](C(=O)OC(C)C)[C@@H](COP1(=O)OC[C@@H](O[C@H](CN)n2ccc(=O)[nH]c2=O)[C@H](C)O1)OC(C)=O. The Morgan fingerprint density at radius 1 is 1.18 bits per heavy atom. The fraction of sp³-hybridized carbons (Fsp3) is 0.667. The number of nitrogens with zero attached hydrogens (tertiary/aromatic N) is 1. The smallest absolute Gasteiger partial charge is 0.460 e. The van der Waals surface area contributed by atoms with Gasteiger partial charge in [-0.05, 0) is 20.8 Å². The maximum absolute atomic E-state index is 13.1. The lowest BCUT2D eigenvalue weighted by atomic mass is 10.2. The molecule has 0 spiro atoms. The molecule has 0 amide bonds. The summed E-state index contributed by atoms with van der Waals surface area (Å²) in [6.07, 6.45) is -5.42. The van der Waals surface area contributed by atoms with Crippen LogP contribution in [0.1, 0.15) is 40.8 Å². The standard InChI is InChI=1S/C21H32N3O13P/c1-11(2)33-20(28)19(35-14(5)26)16(34-13(4)25)10-32-38(30)31-9-15(12(3)37-38)36-18(8-22)24-7-6-17(27)23-21(24)29/h6-7,11-12,15-16,18-19H,8-10,22H2,1-5H3,(H,23,27,29)/t12-,15+,16+,18+,19-,38?/m0/s1. The van der Waals surface area contributed by atoms with Crippen molar-refractivity contribution in [1.82, 2.24) is 9.55 Å². The number of hydrogen-bond donors (Lipinski definition) is 2. The molecule has 0 aromatic carbocycles. The molecule has 0 radical (unpaired) electrons. The number of phosphoric acid groups is 1. The number of nitrogens with two attached hydrogens (primary N) is 1. The Bertz CT molecular complexity index is 1150. The molecule has 6 atom stereocenters. The maximum Gasteiger partial charge on any atom is 0.475 e. The zero-order chi connectivity index (χ0) is 28.6. The van der Waals surface area contributed by atoms with Crippen molar-refractivity contribution in [2.24, 2.45) is 5.73 Å². The highest BCUT2D eigenvalue weighted by Gasteiger charge is 2.43. The summed E-state index contributed by atoms with van der Waals surface area (Å²) >= 11 is 0. The van der Waals surface area contributed by atoms with E-state index in [9.17, 15) is 28.5 Å². The zero-order valence-electron chi connectivity index (χ0n) is 21.5. The Labute approximate surface area is 217 Å². The summed E-state index contributed by atoms with van der Waals surface area (Å²) in [5.41, 5.74) is 4.37. The minimum absolute atomic E-state index is 0.155. The van der Waals surface area contributed by atoms with Gasteiger partial charge in [-0.2, -0.15) is 0 Å². The van der Waals surface area contributed by atoms with Crippen LogP contribution in [0.25, 0.3) is 0 Å². The summed E-state index contributed by atoms with van der Waals surface area (Å²) in [4.78, 5) is 61.1. The molecule has 17 heteroatoms. The quantitative estimate of drug-likeness (QED) is 0.190. The van der Waals surface area contributed by atoms with Crippen LogP contribution < -0.4 is 17.0 Å². The van der Waals surface area contributed by atoms with E-state index in [4.69, 9.17) is 38.3 Å². The Hall–Kier alpha value is -2.88. The third-order valence-electron chi connectivity index (χ3n) is 4.84. The van der Waals surface area contributed by atoms with Gasteiger partial charge in [-0.25, -0.2) is 14.2 Å². The molecule has 2 rings (SSSR count). The number of ether oxygens (including phenoxy) is 4. The van der Waals surface area contributed by atoms with Crippen LogP contribution in [0.4, 0.5) is 0 Å². The van der Waals surface area contributed by atoms with Gasteiger partial charge in [0.2, 0.25) is 6.10 Å². The van der Waals surface area contributed by atoms with Crippen molar-refractivity contribution >= 4 is 25.7 Å². The van der Waals surface area contributed by atoms with Gasteiger partial charge in [0.05, 0.1) is 18.8 Å². The van der Waals surface area contributed by atoms with Crippen LogP contribution in [0, 0.1) is 0 Å². The minimum Gasteiger partial charge on any atom is -0.460 e. The van der Waals surface area contributed by atoms with Gasteiger partial charge < -0.3 is 24.7 Å². The molecular weight excluding hydrogens is 533 g/mol. The summed E-state index contributed by atoms with van der Waals surface area (Å²) in [5, 5.41) is 0. The molecule has 1 aliphatic rings. The Morgan fingerprint density at radius 2 is 1.84 bits per heavy atom. The van der Waals surface area contributed by atoms with E-state index in [2.05, 4.69) is 4.98 Å². The van der Waals surface area contributed by atoms with Crippen molar-refractivity contribution in [3.63, 3.8) is 0 Å². The summed E-state index contributed by atoms with van der Waals surface area (Å²) in [7, 11) is -4.29. The number of H-pyrrole nitrogens is 1. The monoisotopic (exact) mass is 565 g/mol. The molecule has 1 unspecified atom stereocenters. The first-order valence-corrected chi connectivity index (χ1v) is 13.0. The summed E-state index contributed by atoms with van der Waals surface area (Å²) < 4.78 is 51.0. The number of nitrogens with one attached hydrogen (secondary N) is 1. The van der Waals surface area contributed by atoms with Crippen molar-refractivity contribution in [3.05, 3.63) is 33.1 Å². The largest absolute Gasteiger partial charge is 0.475 e. The van der Waals surface area contributed by atoms with Gasteiger partial charge in [-0.3, -0.25) is 37.5 Å². The van der Waals surface area contributed by atoms with Gasteiger partial charge in [-0.15, -0.1) is 0 Å². The minimum atomic E-state index is -4.29. The van der Waals surface area contributed by atoms with E-state index in [0.717, 1.165) is 24.5 Å². The predicted molar refractivity (Wildman–Crippen MR) is 127 cm³/mol. The molecule has 0 bridgehead atoms. The normalized spacial score (nSPS) is 23.8. The lowest BCUT2D eigenvalue weighted by molar-refractivity contribution is -0.186. The van der Waals surface area contributed by atoms with Crippen LogP contribution in [-0.2, 0) is 51.5 Å². The van der Waals surface area contributed by atoms with Crippen LogP contribution in [0.2, 0.25) is 0 Å². The van der Waals surface area contributed by atoms with E-state index in [1.165, 1.54) is 13.1 Å². The van der Waals surface area contributed by atoms with E-state index in [1.807, 2.05) is 0 Å². The Morgan fingerprint density at radius 3 is 2.37 bits per heavy atom. The topological polar surface area (TPSA) is 214 Å². The Kier molecular flexibility index (Phi) is 11.4. The molecule has 2 heterocycles. The molecule has 1 fully saturated rings. The van der Waals surface area contributed by atoms with Gasteiger partial charge in [-0.1, -0.05) is 0 Å². The molecular formula is C21H32N3O13P. The molecule has 38 heavy (non-hydrogen) atoms. The molecule has 1 aromatic rings. The Balaban J connectivity index is 2.11. The number of hydrogen-bond acceptors (Lipinski definition) is 14. The van der Waals surface area contributed by atoms with Crippen molar-refractivity contribution in [2.45, 2.75) is 71.4 Å². The lowest BCUT2D eigenvalue weighted by Crippen LogP contribution is -2.45. The van der Waals surface area contributed by atoms with E-state index in [1.54, 1.807) is 13.8 Å². The van der Waals surface area contributed by atoms with Crippen LogP contribution in [0.5, 0.6) is 0 Å². The molecule has 1 aliphatic heterocycles. The number of aromatic amines is 1. The van der Waals surface area contributed by atoms with Crippen molar-refractivity contribution in [3.8, 4) is 0 Å². The van der Waals surface area contributed by atoms with E-state index < -0.39 is 80.3 Å². The van der Waals surface area contributed by atoms with Gasteiger partial charge in [0.15, 0.2) is 12.3 Å². The van der Waals surface area contributed by atoms with Gasteiger partial charge in [0.1, 0.15) is 12.7 Å². The average molecular weight is 565 g/mol. The fourth-order valence-corrected chi connectivity index (χ4v) is 4.62. The van der Waals surface area contributed by atoms with Crippen molar-refractivity contribution < 1.29 is 51.5 Å². The van der Waals surface area contributed by atoms with Crippen LogP contribution >= 0.6 is 7.82 Å².